The highest BCUT2D eigenvalue weighted by Gasteiger charge is 2.61. The molecule has 0 unspecified atom stereocenters. The normalized spacial score (nSPS) is 17.2. The number of carbonyl (C=O) groups excluding carboxylic acids is 2. The summed E-state index contributed by atoms with van der Waals surface area (Å²) in [4.78, 5) is 23.2. The fraction of sp³-hybridized carbons (Fsp3) is 0.714. The number of carbonyl (C=O) groups is 2. The van der Waals surface area contributed by atoms with E-state index in [-0.39, 0.29) is 42.2 Å². The van der Waals surface area contributed by atoms with Gasteiger partial charge in [-0.1, -0.05) is 6.58 Å². The molecule has 0 aromatic heterocycles. The molecular weight excluding hydrogens is 490 g/mol. The quantitative estimate of drug-likeness (QED) is 0.220. The second-order valence-electron chi connectivity index (χ2n) is 6.58. The third-order valence-electron chi connectivity index (χ3n) is 3.91. The van der Waals surface area contributed by atoms with Crippen LogP contribution in [-0.2, 0) is 49.1 Å². The summed E-state index contributed by atoms with van der Waals surface area (Å²) in [6.07, 6.45) is -0.234. The average Bonchev–Trinajstić information content (AvgIpc) is 2.62. The largest absolute Gasteiger partial charge is 0.474 e. The Bertz CT molecular complexity index is 1030. The van der Waals surface area contributed by atoms with Gasteiger partial charge in [0.15, 0.2) is 0 Å². The van der Waals surface area contributed by atoms with Crippen molar-refractivity contribution >= 4 is 42.0 Å². The summed E-state index contributed by atoms with van der Waals surface area (Å²) in [5.74, 6) is -2.32. The van der Waals surface area contributed by atoms with E-state index in [4.69, 9.17) is 9.47 Å². The zero-order valence-corrected chi connectivity index (χ0v) is 19.0. The predicted octanol–water partition coefficient (Wildman–Crippen LogP) is -0.880. The van der Waals surface area contributed by atoms with Crippen LogP contribution < -0.4 is 4.13 Å². The molecule has 1 rings (SSSR count). The van der Waals surface area contributed by atoms with Gasteiger partial charge < -0.3 is 9.47 Å². The van der Waals surface area contributed by atoms with Gasteiger partial charge in [-0.3, -0.25) is 4.79 Å². The van der Waals surface area contributed by atoms with E-state index in [1.807, 2.05) is 0 Å². The smallest absolute Gasteiger partial charge is 0.462 e. The van der Waals surface area contributed by atoms with Crippen molar-refractivity contribution in [3.8, 4) is 0 Å². The van der Waals surface area contributed by atoms with Crippen molar-refractivity contribution < 1.29 is 53.1 Å². The molecule has 1 N–H and O–H groups in total. The lowest BCUT2D eigenvalue weighted by Gasteiger charge is -2.32. The number of halogens is 2. The minimum atomic E-state index is -6.12. The molecule has 0 aromatic carbocycles. The van der Waals surface area contributed by atoms with Crippen LogP contribution in [-0.4, -0.2) is 78.6 Å². The number of nitrogens with zero attached hydrogens (tertiary/aromatic N) is 1. The highest BCUT2D eigenvalue weighted by Crippen LogP contribution is 2.33. The van der Waals surface area contributed by atoms with Crippen LogP contribution in [0, 0.1) is 5.92 Å². The summed E-state index contributed by atoms with van der Waals surface area (Å²) in [5.41, 5.74) is 0.144. The average molecular weight is 513 g/mol. The first kappa shape index (κ1) is 27.3. The Kier molecular flexibility index (Phi) is 8.68. The van der Waals surface area contributed by atoms with Gasteiger partial charge in [0.2, 0.25) is 10.0 Å². The Labute approximate surface area is 178 Å². The third-order valence-corrected chi connectivity index (χ3v) is 9.56. The molecule has 0 radical (unpaired) electrons. The molecule has 0 atom stereocenters. The van der Waals surface area contributed by atoms with Crippen molar-refractivity contribution in [1.29, 1.82) is 0 Å². The first-order valence-corrected chi connectivity index (χ1v) is 13.3. The first-order valence-electron chi connectivity index (χ1n) is 8.52. The van der Waals surface area contributed by atoms with Crippen molar-refractivity contribution in [3.05, 3.63) is 12.2 Å². The maximum Gasteiger partial charge on any atom is 0.474 e. The Hall–Kier alpha value is -1.69. The second kappa shape index (κ2) is 9.85. The number of alkyl halides is 2. The first-order chi connectivity index (χ1) is 13.9. The summed E-state index contributed by atoms with van der Waals surface area (Å²) >= 11 is 0. The number of piperidine rings is 1. The maximum atomic E-state index is 14.2. The number of rotatable bonds is 10. The van der Waals surface area contributed by atoms with Gasteiger partial charge in [-0.2, -0.15) is 13.1 Å². The van der Waals surface area contributed by atoms with E-state index in [0.29, 0.717) is 4.13 Å². The molecule has 1 heterocycles. The van der Waals surface area contributed by atoms with E-state index >= 15 is 0 Å². The van der Waals surface area contributed by atoms with Gasteiger partial charge >= 0.3 is 26.5 Å². The van der Waals surface area contributed by atoms with E-state index in [1.54, 1.807) is 0 Å². The van der Waals surface area contributed by atoms with Crippen molar-refractivity contribution in [2.75, 3.05) is 32.6 Å². The van der Waals surface area contributed by atoms with Crippen LogP contribution in [0.5, 0.6) is 0 Å². The molecule has 0 bridgehead atoms. The zero-order valence-electron chi connectivity index (χ0n) is 16.5. The van der Waals surface area contributed by atoms with Crippen LogP contribution in [0.1, 0.15) is 19.8 Å². The highest BCUT2D eigenvalue weighted by atomic mass is 32.3. The number of sulfonamides is 3. The van der Waals surface area contributed by atoms with Crippen LogP contribution in [0.3, 0.4) is 0 Å². The Morgan fingerprint density at radius 3 is 2.00 bits per heavy atom. The Morgan fingerprint density at radius 2 is 1.55 bits per heavy atom. The van der Waals surface area contributed by atoms with Crippen LogP contribution in [0.2, 0.25) is 0 Å². The van der Waals surface area contributed by atoms with Crippen molar-refractivity contribution in [2.45, 2.75) is 24.4 Å². The molecule has 1 fully saturated rings. The van der Waals surface area contributed by atoms with Gasteiger partial charge in [0.1, 0.15) is 13.2 Å². The van der Waals surface area contributed by atoms with Gasteiger partial charge in [-0.15, -0.1) is 4.13 Å². The lowest BCUT2D eigenvalue weighted by molar-refractivity contribution is -0.154. The lowest BCUT2D eigenvalue weighted by Crippen LogP contribution is -2.54. The van der Waals surface area contributed by atoms with Gasteiger partial charge in [-0.25, -0.2) is 30.0 Å². The molecule has 0 aromatic rings. The third kappa shape index (κ3) is 6.90. The van der Waals surface area contributed by atoms with Gasteiger partial charge in [0.05, 0.1) is 12.2 Å². The van der Waals surface area contributed by atoms with E-state index in [0.717, 1.165) is 0 Å². The van der Waals surface area contributed by atoms with E-state index < -0.39 is 65.6 Å². The molecule has 31 heavy (non-hydrogen) atoms. The molecule has 0 aliphatic carbocycles. The molecule has 1 saturated heterocycles. The molecule has 17 heteroatoms. The molecule has 12 nitrogen and oxygen atoms in total. The summed E-state index contributed by atoms with van der Waals surface area (Å²) in [6, 6.07) is 0. The number of nitrogens with one attached hydrogen (secondary N) is 1. The molecule has 1 aliphatic heterocycles. The fourth-order valence-corrected chi connectivity index (χ4v) is 7.09. The van der Waals surface area contributed by atoms with E-state index in [9.17, 15) is 43.6 Å². The Balaban J connectivity index is 2.71. The van der Waals surface area contributed by atoms with Crippen LogP contribution in [0.25, 0.3) is 0 Å². The SMILES string of the molecule is C=C(C)C(=O)OCCOC(=O)C1CCN(S(=O)(=O)C(F)(F)S(=O)(=O)NS(C)(=O)=O)CC1. The molecule has 0 spiro atoms. The monoisotopic (exact) mass is 512 g/mol. The molecule has 0 amide bonds. The molecule has 0 saturated carbocycles. The minimum absolute atomic E-state index is 0.144. The van der Waals surface area contributed by atoms with Crippen molar-refractivity contribution in [1.82, 2.24) is 8.43 Å². The number of ether oxygens (including phenoxy) is 2. The number of esters is 2. The standard InChI is InChI=1S/C14H22F2N2O10S3/c1-10(2)12(19)27-8-9-28-13(20)11-4-6-18(7-5-11)31(25,26)14(15,16)30(23,24)17-29(3,21)22/h11,17H,1,4-9H2,2-3H3. The molecule has 1 aliphatic rings. The second-order valence-corrected chi connectivity index (χ2v) is 12.6. The van der Waals surface area contributed by atoms with Crippen LogP contribution >= 0.6 is 0 Å². The minimum Gasteiger partial charge on any atom is -0.462 e. The van der Waals surface area contributed by atoms with Gasteiger partial charge in [0.25, 0.3) is 10.0 Å². The van der Waals surface area contributed by atoms with Gasteiger partial charge in [-0.05, 0) is 19.8 Å². The maximum absolute atomic E-state index is 14.2. The van der Waals surface area contributed by atoms with E-state index in [1.165, 1.54) is 6.92 Å². The number of hydrogen-bond donors (Lipinski definition) is 1. The summed E-state index contributed by atoms with van der Waals surface area (Å²) in [5, 5.41) is 0. The topological polar surface area (TPSA) is 170 Å². The predicted molar refractivity (Wildman–Crippen MR) is 102 cm³/mol. The number of hydrogen-bond acceptors (Lipinski definition) is 10. The Morgan fingerprint density at radius 1 is 1.06 bits per heavy atom. The lowest BCUT2D eigenvalue weighted by atomic mass is 9.98. The van der Waals surface area contributed by atoms with Gasteiger partial charge in [0, 0.05) is 18.7 Å². The summed E-state index contributed by atoms with van der Waals surface area (Å²) in [7, 11) is -16.6. The van der Waals surface area contributed by atoms with Crippen LogP contribution in [0.4, 0.5) is 8.78 Å². The highest BCUT2D eigenvalue weighted by molar-refractivity contribution is 8.13. The molecular formula is C14H22F2N2O10S3. The van der Waals surface area contributed by atoms with Crippen molar-refractivity contribution in [2.24, 2.45) is 5.92 Å². The summed E-state index contributed by atoms with van der Waals surface area (Å²) < 4.78 is 103. The van der Waals surface area contributed by atoms with Crippen LogP contribution in [0.15, 0.2) is 12.2 Å². The van der Waals surface area contributed by atoms with Crippen molar-refractivity contribution in [3.63, 3.8) is 0 Å². The van der Waals surface area contributed by atoms with E-state index in [2.05, 4.69) is 6.58 Å². The fourth-order valence-electron chi connectivity index (χ4n) is 2.39. The molecule has 180 valence electrons. The zero-order chi connectivity index (χ0) is 24.3. The summed E-state index contributed by atoms with van der Waals surface area (Å²) in [6.45, 7) is 2.98.